The van der Waals surface area contributed by atoms with Crippen LogP contribution in [0.15, 0.2) is 28.7 Å². The highest BCUT2D eigenvalue weighted by atomic mass is 79.9. The van der Waals surface area contributed by atoms with Crippen molar-refractivity contribution in [2.75, 3.05) is 5.43 Å². The highest BCUT2D eigenvalue weighted by Gasteiger charge is 2.04. The van der Waals surface area contributed by atoms with Crippen LogP contribution in [0.5, 0.6) is 0 Å². The molecule has 0 unspecified atom stereocenters. The van der Waals surface area contributed by atoms with Crippen LogP contribution in [0.25, 0.3) is 0 Å². The number of benzene rings is 1. The second kappa shape index (κ2) is 8.08. The Morgan fingerprint density at radius 2 is 1.75 bits per heavy atom. The quantitative estimate of drug-likeness (QED) is 0.367. The molecule has 8 heteroatoms. The number of carboxylic acids is 2. The van der Waals surface area contributed by atoms with Crippen molar-refractivity contribution in [2.45, 2.75) is 0 Å². The molecule has 0 aliphatic rings. The minimum Gasteiger partial charge on any atom is -0.473 e. The van der Waals surface area contributed by atoms with Crippen molar-refractivity contribution in [3.05, 3.63) is 28.7 Å². The molecule has 0 aliphatic heterocycles. The first-order valence-electron chi connectivity index (χ1n) is 3.80. The van der Waals surface area contributed by atoms with Crippen LogP contribution in [-0.4, -0.2) is 22.2 Å². The molecule has 0 aliphatic carbocycles. The van der Waals surface area contributed by atoms with Gasteiger partial charge in [0.2, 0.25) is 0 Å². The van der Waals surface area contributed by atoms with Crippen molar-refractivity contribution in [3.8, 4) is 0 Å². The van der Waals surface area contributed by atoms with Crippen LogP contribution in [-0.2, 0) is 9.59 Å². The summed E-state index contributed by atoms with van der Waals surface area (Å²) in [7, 11) is 0. The summed E-state index contributed by atoms with van der Waals surface area (Å²) in [6.07, 6.45) is 0. The normalized spacial score (nSPS) is 8.62. The van der Waals surface area contributed by atoms with Gasteiger partial charge in [0.1, 0.15) is 0 Å². The standard InChI is InChI=1S/C6H6Br2N2.C2H2O4/c7-5-2-1-3-6(4-5)9-10-8;3-1(4)2(5)6/h1-4,9-10H;(H,3,4)(H,5,6). The number of hydrogen-bond donors (Lipinski definition) is 4. The minimum atomic E-state index is -1.82. The summed E-state index contributed by atoms with van der Waals surface area (Å²) in [4.78, 5) is 18.2. The van der Waals surface area contributed by atoms with Gasteiger partial charge in [0.15, 0.2) is 0 Å². The second-order valence-corrected chi connectivity index (χ2v) is 3.65. The first kappa shape index (κ1) is 14.9. The summed E-state index contributed by atoms with van der Waals surface area (Å²) in [6.45, 7) is 0. The Bertz CT molecular complexity index is 361. The summed E-state index contributed by atoms with van der Waals surface area (Å²) in [5.41, 5.74) is 3.89. The van der Waals surface area contributed by atoms with E-state index in [4.69, 9.17) is 19.8 Å². The molecule has 6 nitrogen and oxygen atoms in total. The average Bonchev–Trinajstić information content (AvgIpc) is 2.19. The van der Waals surface area contributed by atoms with Crippen LogP contribution >= 0.6 is 32.1 Å². The second-order valence-electron chi connectivity index (χ2n) is 2.34. The Balaban J connectivity index is 0.000000325. The third kappa shape index (κ3) is 7.21. The van der Waals surface area contributed by atoms with Gasteiger partial charge in [0.05, 0.1) is 5.69 Å². The van der Waals surface area contributed by atoms with E-state index in [1.807, 2.05) is 24.3 Å². The topological polar surface area (TPSA) is 98.7 Å². The number of nitrogens with one attached hydrogen (secondary N) is 2. The van der Waals surface area contributed by atoms with E-state index >= 15 is 0 Å². The molecule has 1 aromatic rings. The van der Waals surface area contributed by atoms with Gasteiger partial charge < -0.3 is 15.6 Å². The first-order valence-corrected chi connectivity index (χ1v) is 5.39. The van der Waals surface area contributed by atoms with Gasteiger partial charge in [-0.05, 0) is 18.2 Å². The molecule has 88 valence electrons. The van der Waals surface area contributed by atoms with E-state index in [0.29, 0.717) is 0 Å². The summed E-state index contributed by atoms with van der Waals surface area (Å²) >= 11 is 6.38. The Morgan fingerprint density at radius 3 is 2.12 bits per heavy atom. The molecule has 0 amide bonds. The molecule has 1 rings (SSSR count). The Morgan fingerprint density at radius 1 is 1.19 bits per heavy atom. The Labute approximate surface area is 108 Å². The van der Waals surface area contributed by atoms with Crippen LogP contribution < -0.4 is 9.88 Å². The highest BCUT2D eigenvalue weighted by Crippen LogP contribution is 2.14. The molecule has 0 heterocycles. The molecule has 0 saturated carbocycles. The molecule has 1 aromatic carbocycles. The SMILES string of the molecule is BrNNc1cccc(Br)c1.O=C(O)C(=O)O. The molecule has 0 bridgehead atoms. The molecule has 4 N–H and O–H groups in total. The highest BCUT2D eigenvalue weighted by molar-refractivity contribution is 9.10. The zero-order valence-electron chi connectivity index (χ0n) is 7.78. The van der Waals surface area contributed by atoms with Gasteiger partial charge in [-0.3, -0.25) is 0 Å². The van der Waals surface area contributed by atoms with Crippen LogP contribution in [0.4, 0.5) is 5.69 Å². The fourth-order valence-corrected chi connectivity index (χ4v) is 1.25. The van der Waals surface area contributed by atoms with E-state index in [0.717, 1.165) is 10.2 Å². The maximum absolute atomic E-state index is 9.10. The summed E-state index contributed by atoms with van der Waals surface area (Å²) in [5, 5.41) is 14.8. The number of rotatable bonds is 2. The van der Waals surface area contributed by atoms with Crippen molar-refractivity contribution in [1.29, 1.82) is 0 Å². The molecule has 0 saturated heterocycles. The number of hydrogen-bond acceptors (Lipinski definition) is 4. The van der Waals surface area contributed by atoms with Gasteiger partial charge in [0.25, 0.3) is 0 Å². The molecular weight excluding hydrogens is 348 g/mol. The van der Waals surface area contributed by atoms with Crippen molar-refractivity contribution >= 4 is 49.7 Å². The molecule has 16 heavy (non-hydrogen) atoms. The van der Waals surface area contributed by atoms with Crippen molar-refractivity contribution < 1.29 is 19.8 Å². The van der Waals surface area contributed by atoms with E-state index in [2.05, 4.69) is 42.0 Å². The molecule has 0 radical (unpaired) electrons. The minimum absolute atomic E-state index is 1.01. The van der Waals surface area contributed by atoms with Gasteiger partial charge in [-0.15, -0.1) is 0 Å². The number of carbonyl (C=O) groups is 2. The van der Waals surface area contributed by atoms with Crippen LogP contribution in [0.1, 0.15) is 0 Å². The van der Waals surface area contributed by atoms with Gasteiger partial charge in [0, 0.05) is 20.6 Å². The predicted molar refractivity (Wildman–Crippen MR) is 65.1 cm³/mol. The summed E-state index contributed by atoms with van der Waals surface area (Å²) in [6, 6.07) is 7.85. The van der Waals surface area contributed by atoms with Crippen LogP contribution in [0.2, 0.25) is 0 Å². The van der Waals surface area contributed by atoms with E-state index < -0.39 is 11.9 Å². The van der Waals surface area contributed by atoms with E-state index in [1.54, 1.807) is 0 Å². The monoisotopic (exact) mass is 354 g/mol. The van der Waals surface area contributed by atoms with Gasteiger partial charge in [-0.1, -0.05) is 22.0 Å². The third-order valence-electron chi connectivity index (χ3n) is 1.20. The molecular formula is C8H8Br2N2O4. The maximum Gasteiger partial charge on any atom is 0.414 e. The zero-order chi connectivity index (χ0) is 12.6. The van der Waals surface area contributed by atoms with Gasteiger partial charge in [-0.25, -0.2) is 9.59 Å². The average molecular weight is 356 g/mol. The number of hydrazine groups is 1. The number of halogens is 2. The molecule has 0 fully saturated rings. The Kier molecular flexibility index (Phi) is 7.52. The smallest absolute Gasteiger partial charge is 0.414 e. The fourth-order valence-electron chi connectivity index (χ4n) is 0.621. The van der Waals surface area contributed by atoms with Crippen LogP contribution in [0.3, 0.4) is 0 Å². The van der Waals surface area contributed by atoms with Crippen LogP contribution in [0, 0.1) is 0 Å². The number of anilines is 1. The van der Waals surface area contributed by atoms with E-state index in [-0.39, 0.29) is 0 Å². The lowest BCUT2D eigenvalue weighted by molar-refractivity contribution is -0.159. The maximum atomic E-state index is 9.10. The van der Waals surface area contributed by atoms with Crippen molar-refractivity contribution in [3.63, 3.8) is 0 Å². The fraction of sp³-hybridized carbons (Fsp3) is 0. The van der Waals surface area contributed by atoms with Gasteiger partial charge >= 0.3 is 11.9 Å². The van der Waals surface area contributed by atoms with Crippen molar-refractivity contribution in [2.24, 2.45) is 0 Å². The van der Waals surface area contributed by atoms with Gasteiger partial charge in [-0.2, -0.15) is 4.45 Å². The summed E-state index contributed by atoms with van der Waals surface area (Å²) < 4.78 is 3.71. The lowest BCUT2D eigenvalue weighted by atomic mass is 10.3. The van der Waals surface area contributed by atoms with E-state index in [1.165, 1.54) is 0 Å². The number of aliphatic carboxylic acids is 2. The Hall–Kier alpha value is -1.12. The lowest BCUT2D eigenvalue weighted by Gasteiger charge is -2.01. The predicted octanol–water partition coefficient (Wildman–Crippen LogP) is 1.83. The zero-order valence-corrected chi connectivity index (χ0v) is 10.9. The molecule has 0 atom stereocenters. The van der Waals surface area contributed by atoms with Crippen molar-refractivity contribution in [1.82, 2.24) is 4.45 Å². The number of carboxylic acid groups (broad SMARTS) is 2. The third-order valence-corrected chi connectivity index (χ3v) is 1.89. The van der Waals surface area contributed by atoms with E-state index in [9.17, 15) is 0 Å². The first-order chi connectivity index (χ1) is 7.47. The molecule has 0 aromatic heterocycles. The summed E-state index contributed by atoms with van der Waals surface area (Å²) in [5.74, 6) is -3.65. The largest absolute Gasteiger partial charge is 0.473 e. The molecule has 0 spiro atoms. The lowest BCUT2D eigenvalue weighted by Crippen LogP contribution is -2.09.